The molecule has 0 aliphatic carbocycles. The van der Waals surface area contributed by atoms with Gasteiger partial charge in [0, 0.05) is 49.5 Å². The summed E-state index contributed by atoms with van der Waals surface area (Å²) in [6.07, 6.45) is 14.8. The molecule has 37 heavy (non-hydrogen) atoms. The minimum absolute atomic E-state index is 0.740. The van der Waals surface area contributed by atoms with Gasteiger partial charge >= 0.3 is 0 Å². The summed E-state index contributed by atoms with van der Waals surface area (Å²) >= 11 is 0. The summed E-state index contributed by atoms with van der Waals surface area (Å²) in [6, 6.07) is 11.1. The molecule has 198 valence electrons. The highest BCUT2D eigenvalue weighted by molar-refractivity contribution is 5.79. The third kappa shape index (κ3) is 8.23. The Labute approximate surface area is 222 Å². The van der Waals surface area contributed by atoms with Crippen molar-refractivity contribution >= 4 is 10.9 Å². The zero-order valence-corrected chi connectivity index (χ0v) is 22.9. The van der Waals surface area contributed by atoms with Crippen LogP contribution < -0.4 is 0 Å². The first-order valence-electron chi connectivity index (χ1n) is 13.9. The lowest BCUT2D eigenvalue weighted by molar-refractivity contribution is 0.233. The van der Waals surface area contributed by atoms with Crippen molar-refractivity contribution in [3.05, 3.63) is 78.0 Å². The first kappa shape index (κ1) is 27.0. The van der Waals surface area contributed by atoms with Crippen LogP contribution in [0, 0.1) is 0 Å². The van der Waals surface area contributed by atoms with Crippen LogP contribution in [-0.4, -0.2) is 53.9 Å². The van der Waals surface area contributed by atoms with Crippen LogP contribution in [0.4, 0.5) is 0 Å². The molecule has 0 atom stereocenters. The van der Waals surface area contributed by atoms with Crippen LogP contribution in [0.3, 0.4) is 0 Å². The second-order valence-electron chi connectivity index (χ2n) is 10.1. The van der Waals surface area contributed by atoms with Gasteiger partial charge < -0.3 is 14.5 Å². The number of nitrogens with one attached hydrogen (secondary N) is 1. The van der Waals surface area contributed by atoms with Gasteiger partial charge in [0.1, 0.15) is 11.6 Å². The molecule has 3 aromatic heterocycles. The summed E-state index contributed by atoms with van der Waals surface area (Å²) < 4.78 is 2.08. The number of benzene rings is 1. The molecule has 3 heterocycles. The topological polar surface area (TPSA) is 65.9 Å². The SMILES string of the molecule is CCCN(CCC)CCCCCc1ccc2cc(CN(Cc3ncc[nH]3)Cc3nccn3C)ccc2n1. The number of pyridine rings is 1. The molecule has 1 N–H and O–H groups in total. The summed E-state index contributed by atoms with van der Waals surface area (Å²) in [5.74, 6) is 2.01. The van der Waals surface area contributed by atoms with E-state index in [2.05, 4.69) is 73.5 Å². The lowest BCUT2D eigenvalue weighted by Crippen LogP contribution is -2.26. The van der Waals surface area contributed by atoms with E-state index in [-0.39, 0.29) is 0 Å². The normalized spacial score (nSPS) is 11.8. The number of hydrogen-bond acceptors (Lipinski definition) is 5. The Morgan fingerprint density at radius 2 is 1.70 bits per heavy atom. The van der Waals surface area contributed by atoms with Gasteiger partial charge in [-0.2, -0.15) is 0 Å². The van der Waals surface area contributed by atoms with Crippen LogP contribution >= 0.6 is 0 Å². The number of aromatic amines is 1. The maximum atomic E-state index is 4.97. The van der Waals surface area contributed by atoms with Crippen LogP contribution in [0.1, 0.15) is 68.9 Å². The van der Waals surface area contributed by atoms with Gasteiger partial charge in [0.2, 0.25) is 0 Å². The summed E-state index contributed by atoms with van der Waals surface area (Å²) in [6.45, 7) is 10.5. The fourth-order valence-corrected chi connectivity index (χ4v) is 5.01. The Balaban J connectivity index is 1.33. The largest absolute Gasteiger partial charge is 0.348 e. The van der Waals surface area contributed by atoms with Gasteiger partial charge in [-0.05, 0) is 75.5 Å². The summed E-state index contributed by atoms with van der Waals surface area (Å²) in [7, 11) is 2.04. The van der Waals surface area contributed by atoms with E-state index in [1.165, 1.54) is 68.4 Å². The van der Waals surface area contributed by atoms with Crippen molar-refractivity contribution in [1.82, 2.24) is 34.3 Å². The molecule has 1 aromatic carbocycles. The van der Waals surface area contributed by atoms with Crippen LogP contribution in [-0.2, 0) is 33.1 Å². The molecule has 0 aliphatic rings. The van der Waals surface area contributed by atoms with Gasteiger partial charge in [-0.25, -0.2) is 9.97 Å². The second-order valence-corrected chi connectivity index (χ2v) is 10.1. The van der Waals surface area contributed by atoms with E-state index in [4.69, 9.17) is 4.98 Å². The minimum atomic E-state index is 0.740. The maximum Gasteiger partial charge on any atom is 0.122 e. The predicted molar refractivity (Wildman–Crippen MR) is 151 cm³/mol. The van der Waals surface area contributed by atoms with Crippen LogP contribution in [0.25, 0.3) is 10.9 Å². The fourth-order valence-electron chi connectivity index (χ4n) is 5.01. The number of aryl methyl sites for hydroxylation is 2. The predicted octanol–water partition coefficient (Wildman–Crippen LogP) is 5.73. The van der Waals surface area contributed by atoms with Crippen molar-refractivity contribution in [3.63, 3.8) is 0 Å². The quantitative estimate of drug-likeness (QED) is 0.199. The molecule has 0 spiro atoms. The fraction of sp³-hybridized carbons (Fsp3) is 0.500. The highest BCUT2D eigenvalue weighted by atomic mass is 15.2. The zero-order valence-electron chi connectivity index (χ0n) is 22.9. The van der Waals surface area contributed by atoms with Crippen molar-refractivity contribution in [2.75, 3.05) is 19.6 Å². The smallest absolute Gasteiger partial charge is 0.122 e. The van der Waals surface area contributed by atoms with Gasteiger partial charge in [0.15, 0.2) is 0 Å². The third-order valence-corrected chi connectivity index (χ3v) is 6.92. The lowest BCUT2D eigenvalue weighted by Gasteiger charge is -2.21. The Kier molecular flexibility index (Phi) is 10.3. The zero-order chi connectivity index (χ0) is 25.9. The van der Waals surface area contributed by atoms with Gasteiger partial charge in [-0.3, -0.25) is 9.88 Å². The molecule has 0 aliphatic heterocycles. The molecule has 0 fully saturated rings. The molecule has 4 rings (SSSR count). The van der Waals surface area contributed by atoms with E-state index in [9.17, 15) is 0 Å². The van der Waals surface area contributed by atoms with Crippen LogP contribution in [0.2, 0.25) is 0 Å². The van der Waals surface area contributed by atoms with Crippen LogP contribution in [0.5, 0.6) is 0 Å². The Hall–Kier alpha value is -3.03. The molecule has 0 saturated heterocycles. The summed E-state index contributed by atoms with van der Waals surface area (Å²) in [5.41, 5.74) is 3.56. The monoisotopic (exact) mass is 501 g/mol. The number of aromatic nitrogens is 5. The first-order valence-corrected chi connectivity index (χ1v) is 13.9. The molecule has 0 unspecified atom stereocenters. The molecule has 0 bridgehead atoms. The molecule has 4 aromatic rings. The number of hydrogen-bond donors (Lipinski definition) is 1. The van der Waals surface area contributed by atoms with Gasteiger partial charge in [-0.1, -0.05) is 32.4 Å². The first-order chi connectivity index (χ1) is 18.1. The third-order valence-electron chi connectivity index (χ3n) is 6.92. The Bertz CT molecular complexity index is 1190. The molecule has 0 radical (unpaired) electrons. The number of nitrogens with zero attached hydrogens (tertiary/aromatic N) is 6. The van der Waals surface area contributed by atoms with Crippen LogP contribution in [0.15, 0.2) is 55.1 Å². The van der Waals surface area contributed by atoms with Crippen molar-refractivity contribution in [2.24, 2.45) is 7.05 Å². The molecular weight excluding hydrogens is 458 g/mol. The van der Waals surface area contributed by atoms with E-state index in [0.717, 1.165) is 43.2 Å². The van der Waals surface area contributed by atoms with E-state index in [1.54, 1.807) is 6.20 Å². The van der Waals surface area contributed by atoms with Gasteiger partial charge in [0.25, 0.3) is 0 Å². The number of fused-ring (bicyclic) bond motifs is 1. The minimum Gasteiger partial charge on any atom is -0.348 e. The molecule has 7 heteroatoms. The highest BCUT2D eigenvalue weighted by Crippen LogP contribution is 2.19. The average molecular weight is 502 g/mol. The standard InChI is InChI=1S/C30H43N7/c1-4-17-36(18-5-2)19-8-6-7-9-27-12-11-26-21-25(10-13-28(26)34-27)22-37(23-29-31-14-15-32-29)24-30-33-16-20-35(30)3/h10-16,20-21H,4-9,17-19,22-24H2,1-3H3,(H,31,32). The Morgan fingerprint density at radius 3 is 2.43 bits per heavy atom. The number of rotatable bonds is 16. The maximum absolute atomic E-state index is 4.97. The molecular formula is C30H43N7. The average Bonchev–Trinajstić information content (AvgIpc) is 3.55. The van der Waals surface area contributed by atoms with E-state index < -0.39 is 0 Å². The highest BCUT2D eigenvalue weighted by Gasteiger charge is 2.13. The summed E-state index contributed by atoms with van der Waals surface area (Å²) in [5, 5.41) is 1.20. The molecule has 0 amide bonds. The van der Waals surface area contributed by atoms with E-state index >= 15 is 0 Å². The summed E-state index contributed by atoms with van der Waals surface area (Å²) in [4.78, 5) is 22.1. The van der Waals surface area contributed by atoms with E-state index in [0.29, 0.717) is 0 Å². The van der Waals surface area contributed by atoms with Crippen molar-refractivity contribution in [1.29, 1.82) is 0 Å². The second kappa shape index (κ2) is 14.1. The van der Waals surface area contributed by atoms with Gasteiger partial charge in [-0.15, -0.1) is 0 Å². The number of imidazole rings is 2. The van der Waals surface area contributed by atoms with E-state index in [1.807, 2.05) is 25.6 Å². The number of unbranched alkanes of at least 4 members (excludes halogenated alkanes) is 2. The van der Waals surface area contributed by atoms with Gasteiger partial charge in [0.05, 0.1) is 18.6 Å². The van der Waals surface area contributed by atoms with Crippen molar-refractivity contribution < 1.29 is 0 Å². The van der Waals surface area contributed by atoms with Crippen molar-refractivity contribution in [2.45, 2.75) is 72.0 Å². The lowest BCUT2D eigenvalue weighted by atomic mass is 10.1. The molecule has 0 saturated carbocycles. The molecule has 7 nitrogen and oxygen atoms in total. The Morgan fingerprint density at radius 1 is 0.838 bits per heavy atom. The van der Waals surface area contributed by atoms with Crippen molar-refractivity contribution in [3.8, 4) is 0 Å². The number of H-pyrrole nitrogens is 1.